The van der Waals surface area contributed by atoms with Gasteiger partial charge < -0.3 is 5.32 Å². The second-order valence-electron chi connectivity index (χ2n) is 10.5. The fourth-order valence-electron chi connectivity index (χ4n) is 7.93. The molecular formula is C26H39N. The second-order valence-corrected chi connectivity index (χ2v) is 10.5. The smallest absolute Gasteiger partial charge is 0.00699 e. The Labute approximate surface area is 166 Å². The second kappa shape index (κ2) is 7.90. The van der Waals surface area contributed by atoms with Crippen LogP contribution in [-0.2, 0) is 6.42 Å². The maximum Gasteiger partial charge on any atom is 0.00699 e. The number of benzene rings is 1. The average Bonchev–Trinajstić information content (AvgIpc) is 3.26. The van der Waals surface area contributed by atoms with Gasteiger partial charge >= 0.3 is 0 Å². The molecule has 0 amide bonds. The van der Waals surface area contributed by atoms with Gasteiger partial charge in [0.15, 0.2) is 0 Å². The topological polar surface area (TPSA) is 12.0 Å². The van der Waals surface area contributed by atoms with Crippen LogP contribution in [0.25, 0.3) is 0 Å². The number of rotatable bonds is 4. The van der Waals surface area contributed by atoms with E-state index < -0.39 is 0 Å². The zero-order chi connectivity index (χ0) is 18.2. The molecule has 5 rings (SSSR count). The molecule has 1 saturated heterocycles. The first-order valence-corrected chi connectivity index (χ1v) is 12.1. The summed E-state index contributed by atoms with van der Waals surface area (Å²) >= 11 is 0. The fraction of sp³-hybridized carbons (Fsp3) is 0.769. The average molecular weight is 366 g/mol. The van der Waals surface area contributed by atoms with Crippen LogP contribution in [0.2, 0.25) is 0 Å². The van der Waals surface area contributed by atoms with Gasteiger partial charge in [-0.25, -0.2) is 0 Å². The molecule has 1 N–H and O–H groups in total. The van der Waals surface area contributed by atoms with Gasteiger partial charge in [0.05, 0.1) is 0 Å². The van der Waals surface area contributed by atoms with Gasteiger partial charge in [0, 0.05) is 6.04 Å². The molecule has 1 aliphatic heterocycles. The van der Waals surface area contributed by atoms with Gasteiger partial charge in [-0.05, 0) is 92.1 Å². The van der Waals surface area contributed by atoms with Crippen molar-refractivity contribution in [2.45, 2.75) is 77.2 Å². The third-order valence-electron chi connectivity index (χ3n) is 9.25. The molecule has 1 aromatic carbocycles. The van der Waals surface area contributed by atoms with Gasteiger partial charge in [0.2, 0.25) is 0 Å². The van der Waals surface area contributed by atoms with Crippen LogP contribution in [-0.4, -0.2) is 12.6 Å². The van der Waals surface area contributed by atoms with Crippen LogP contribution in [0.1, 0.15) is 70.3 Å². The lowest BCUT2D eigenvalue weighted by atomic mass is 9.66. The lowest BCUT2D eigenvalue weighted by molar-refractivity contribution is 0.105. The molecular weight excluding hydrogens is 326 g/mol. The minimum absolute atomic E-state index is 0.809. The highest BCUT2D eigenvalue weighted by Gasteiger charge is 2.53. The number of piperidine rings is 1. The quantitative estimate of drug-likeness (QED) is 0.681. The first-order chi connectivity index (χ1) is 13.3. The summed E-state index contributed by atoms with van der Waals surface area (Å²) in [6, 6.07) is 12.2. The van der Waals surface area contributed by atoms with E-state index in [4.69, 9.17) is 0 Å². The highest BCUT2D eigenvalue weighted by molar-refractivity contribution is 5.17. The lowest BCUT2D eigenvalue weighted by Crippen LogP contribution is -2.38. The maximum atomic E-state index is 3.87. The van der Waals surface area contributed by atoms with Gasteiger partial charge in [-0.15, -0.1) is 0 Å². The van der Waals surface area contributed by atoms with Gasteiger partial charge in [0.25, 0.3) is 0 Å². The largest absolute Gasteiger partial charge is 0.314 e. The normalized spacial score (nSPS) is 44.0. The van der Waals surface area contributed by atoms with E-state index in [1.165, 1.54) is 51.5 Å². The van der Waals surface area contributed by atoms with Crippen molar-refractivity contribution in [3.05, 3.63) is 35.9 Å². The molecule has 1 heteroatoms. The van der Waals surface area contributed by atoms with Crippen LogP contribution in [0.3, 0.4) is 0 Å². The number of nitrogens with one attached hydrogen (secondary N) is 1. The van der Waals surface area contributed by atoms with Gasteiger partial charge in [0.1, 0.15) is 0 Å². The van der Waals surface area contributed by atoms with Crippen molar-refractivity contribution in [2.75, 3.05) is 6.54 Å². The van der Waals surface area contributed by atoms with Crippen LogP contribution < -0.4 is 5.32 Å². The van der Waals surface area contributed by atoms with E-state index >= 15 is 0 Å². The van der Waals surface area contributed by atoms with E-state index in [1.54, 1.807) is 24.8 Å². The Bertz CT molecular complexity index is 604. The summed E-state index contributed by atoms with van der Waals surface area (Å²) < 4.78 is 0. The number of fused-ring (bicyclic) bond motifs is 2. The first kappa shape index (κ1) is 18.2. The molecule has 0 spiro atoms. The van der Waals surface area contributed by atoms with Crippen LogP contribution in [0, 0.1) is 41.4 Å². The summed E-state index contributed by atoms with van der Waals surface area (Å²) in [5.41, 5.74) is 1.58. The van der Waals surface area contributed by atoms with Crippen LogP contribution >= 0.6 is 0 Å². The molecule has 0 bridgehead atoms. The molecule has 1 aromatic rings. The van der Waals surface area contributed by atoms with Crippen molar-refractivity contribution in [1.82, 2.24) is 5.32 Å². The SMILES string of the molecule is CC1C(Cc2ccccc2)C2CC3CCCC3CC2C1CC1CCCCN1. The number of hydrogen-bond acceptors (Lipinski definition) is 1. The van der Waals surface area contributed by atoms with Gasteiger partial charge in [-0.3, -0.25) is 0 Å². The highest BCUT2D eigenvalue weighted by atomic mass is 14.9. The Morgan fingerprint density at radius 1 is 0.852 bits per heavy atom. The van der Waals surface area contributed by atoms with Crippen LogP contribution in [0.5, 0.6) is 0 Å². The molecule has 8 atom stereocenters. The Balaban J connectivity index is 1.37. The van der Waals surface area contributed by atoms with Gasteiger partial charge in [-0.2, -0.15) is 0 Å². The first-order valence-electron chi connectivity index (χ1n) is 12.1. The van der Waals surface area contributed by atoms with Crippen molar-refractivity contribution < 1.29 is 0 Å². The Hall–Kier alpha value is -0.820. The molecule has 1 heterocycles. The predicted octanol–water partition coefficient (Wildman–Crippen LogP) is 6.09. The molecule has 27 heavy (non-hydrogen) atoms. The standard InChI is InChI=1S/C26H39N/c1-18-23(14-19-8-3-2-4-9-19)25-15-20-10-7-11-21(20)16-26(25)24(18)17-22-12-5-6-13-27-22/h2-4,8-9,18,20-27H,5-7,10-17H2,1H3. The highest BCUT2D eigenvalue weighted by Crippen LogP contribution is 2.59. The third-order valence-corrected chi connectivity index (χ3v) is 9.25. The van der Waals surface area contributed by atoms with Crippen LogP contribution in [0.4, 0.5) is 0 Å². The monoisotopic (exact) mass is 365 g/mol. The zero-order valence-electron chi connectivity index (χ0n) is 17.3. The van der Waals surface area contributed by atoms with E-state index in [1.807, 2.05) is 0 Å². The molecule has 0 aromatic heterocycles. The Kier molecular flexibility index (Phi) is 5.33. The van der Waals surface area contributed by atoms with Crippen molar-refractivity contribution in [1.29, 1.82) is 0 Å². The molecule has 3 saturated carbocycles. The number of hydrogen-bond donors (Lipinski definition) is 1. The molecule has 148 valence electrons. The Morgan fingerprint density at radius 3 is 2.30 bits per heavy atom. The van der Waals surface area contributed by atoms with E-state index in [-0.39, 0.29) is 0 Å². The summed E-state index contributed by atoms with van der Waals surface area (Å²) in [6.45, 7) is 3.90. The predicted molar refractivity (Wildman–Crippen MR) is 114 cm³/mol. The summed E-state index contributed by atoms with van der Waals surface area (Å²) in [7, 11) is 0. The maximum absolute atomic E-state index is 3.87. The zero-order valence-corrected chi connectivity index (χ0v) is 17.3. The van der Waals surface area contributed by atoms with Crippen molar-refractivity contribution in [2.24, 2.45) is 41.4 Å². The van der Waals surface area contributed by atoms with E-state index in [0.717, 1.165) is 47.5 Å². The summed E-state index contributed by atoms with van der Waals surface area (Å²) in [6.07, 6.45) is 14.8. The van der Waals surface area contributed by atoms with Crippen molar-refractivity contribution in [3.8, 4) is 0 Å². The van der Waals surface area contributed by atoms with E-state index in [0.29, 0.717) is 0 Å². The molecule has 3 aliphatic carbocycles. The van der Waals surface area contributed by atoms with Crippen molar-refractivity contribution >= 4 is 0 Å². The summed E-state index contributed by atoms with van der Waals surface area (Å²) in [5.74, 6) is 6.99. The molecule has 4 fully saturated rings. The Morgan fingerprint density at radius 2 is 1.59 bits per heavy atom. The van der Waals surface area contributed by atoms with Crippen LogP contribution in [0.15, 0.2) is 30.3 Å². The van der Waals surface area contributed by atoms with Crippen molar-refractivity contribution in [3.63, 3.8) is 0 Å². The molecule has 4 aliphatic rings. The van der Waals surface area contributed by atoms with E-state index in [2.05, 4.69) is 42.6 Å². The third kappa shape index (κ3) is 3.61. The fourth-order valence-corrected chi connectivity index (χ4v) is 7.93. The van der Waals surface area contributed by atoms with Gasteiger partial charge in [-0.1, -0.05) is 62.9 Å². The summed E-state index contributed by atoms with van der Waals surface area (Å²) in [4.78, 5) is 0. The minimum Gasteiger partial charge on any atom is -0.314 e. The molecule has 8 unspecified atom stereocenters. The van der Waals surface area contributed by atoms with E-state index in [9.17, 15) is 0 Å². The molecule has 0 radical (unpaired) electrons. The molecule has 1 nitrogen and oxygen atoms in total. The minimum atomic E-state index is 0.809. The summed E-state index contributed by atoms with van der Waals surface area (Å²) in [5, 5.41) is 3.87. The lowest BCUT2D eigenvalue weighted by Gasteiger charge is -2.39.